The van der Waals surface area contributed by atoms with E-state index in [1.54, 1.807) is 31.2 Å². The number of hydrogen-bond donors (Lipinski definition) is 1. The Balaban J connectivity index is 2.24. The molecule has 0 radical (unpaired) electrons. The number of para-hydroxylation sites is 1. The molecular weight excluding hydrogens is 302 g/mol. The van der Waals surface area contributed by atoms with E-state index in [1.165, 1.54) is 6.21 Å². The first kappa shape index (κ1) is 15.7. The summed E-state index contributed by atoms with van der Waals surface area (Å²) < 4.78 is 57.9. The van der Waals surface area contributed by atoms with Gasteiger partial charge in [-0.15, -0.1) is 0 Å². The number of pyridine rings is 1. The lowest BCUT2D eigenvalue weighted by atomic mass is 10.2. The van der Waals surface area contributed by atoms with Gasteiger partial charge in [0.2, 0.25) is 11.6 Å². The Morgan fingerprint density at radius 3 is 2.41 bits per heavy atom. The van der Waals surface area contributed by atoms with Crippen LogP contribution in [0.15, 0.2) is 29.4 Å². The second-order valence-corrected chi connectivity index (χ2v) is 4.04. The van der Waals surface area contributed by atoms with E-state index in [1.807, 2.05) is 5.43 Å². The van der Waals surface area contributed by atoms with E-state index >= 15 is 0 Å². The van der Waals surface area contributed by atoms with Crippen LogP contribution in [0.25, 0.3) is 0 Å². The van der Waals surface area contributed by atoms with Crippen molar-refractivity contribution >= 4 is 11.9 Å². The van der Waals surface area contributed by atoms with Crippen LogP contribution in [0.3, 0.4) is 0 Å². The lowest BCUT2D eigenvalue weighted by Gasteiger charge is -2.07. The molecule has 0 bridgehead atoms. The van der Waals surface area contributed by atoms with Gasteiger partial charge in [0.05, 0.1) is 12.8 Å². The molecule has 4 nitrogen and oxygen atoms in total. The maximum Gasteiger partial charge on any atom is 0.254 e. The highest BCUT2D eigenvalue weighted by Gasteiger charge is 2.20. The maximum atomic E-state index is 13.4. The molecule has 22 heavy (non-hydrogen) atoms. The van der Waals surface area contributed by atoms with E-state index in [-0.39, 0.29) is 0 Å². The third kappa shape index (κ3) is 3.33. The summed E-state index contributed by atoms with van der Waals surface area (Å²) >= 11 is 0. The first-order valence-corrected chi connectivity index (χ1v) is 6.25. The summed E-state index contributed by atoms with van der Waals surface area (Å²) in [5, 5.41) is 3.56. The molecular formula is C14H11F4N3O. The summed E-state index contributed by atoms with van der Waals surface area (Å²) in [5.74, 6) is -6.33. The largest absolute Gasteiger partial charge is 0.493 e. The lowest BCUT2D eigenvalue weighted by molar-refractivity contribution is 0.340. The van der Waals surface area contributed by atoms with Crippen LogP contribution in [0.1, 0.15) is 12.5 Å². The quantitative estimate of drug-likeness (QED) is 0.398. The van der Waals surface area contributed by atoms with Crippen LogP contribution in [-0.4, -0.2) is 17.8 Å². The van der Waals surface area contributed by atoms with Crippen molar-refractivity contribution in [3.05, 3.63) is 53.4 Å². The highest BCUT2D eigenvalue weighted by atomic mass is 19.2. The SMILES string of the molecule is CCOc1ccccc1/C=N/Nc1c(F)c(F)nc(F)c1F. The molecule has 1 aromatic heterocycles. The van der Waals surface area contributed by atoms with Crippen LogP contribution < -0.4 is 10.2 Å². The highest BCUT2D eigenvalue weighted by molar-refractivity contribution is 5.84. The van der Waals surface area contributed by atoms with Crippen molar-refractivity contribution in [2.24, 2.45) is 5.10 Å². The lowest BCUT2D eigenvalue weighted by Crippen LogP contribution is -2.06. The monoisotopic (exact) mass is 313 g/mol. The molecule has 0 aliphatic carbocycles. The topological polar surface area (TPSA) is 46.5 Å². The van der Waals surface area contributed by atoms with Crippen molar-refractivity contribution in [1.29, 1.82) is 0 Å². The van der Waals surface area contributed by atoms with Gasteiger partial charge < -0.3 is 4.74 Å². The van der Waals surface area contributed by atoms with Gasteiger partial charge in [0.15, 0.2) is 0 Å². The van der Waals surface area contributed by atoms with Crippen molar-refractivity contribution in [1.82, 2.24) is 4.98 Å². The smallest absolute Gasteiger partial charge is 0.254 e. The standard InChI is InChI=1S/C14H11F4N3O/c1-2-22-9-6-4-3-5-8(9)7-19-21-12-10(15)13(17)20-14(18)11(12)16/h3-7H,2H2,1H3,(H,20,21)/b19-7+. The minimum Gasteiger partial charge on any atom is -0.493 e. The van der Waals surface area contributed by atoms with Crippen LogP contribution >= 0.6 is 0 Å². The number of aromatic nitrogens is 1. The number of nitrogens with zero attached hydrogens (tertiary/aromatic N) is 2. The molecule has 0 aliphatic rings. The number of benzene rings is 1. The van der Waals surface area contributed by atoms with E-state index in [2.05, 4.69) is 10.1 Å². The predicted molar refractivity (Wildman–Crippen MR) is 72.9 cm³/mol. The molecule has 0 saturated carbocycles. The van der Waals surface area contributed by atoms with Gasteiger partial charge in [0, 0.05) is 5.56 Å². The molecule has 0 spiro atoms. The maximum absolute atomic E-state index is 13.4. The van der Waals surface area contributed by atoms with Gasteiger partial charge in [-0.25, -0.2) is 0 Å². The summed E-state index contributed by atoms with van der Waals surface area (Å²) in [4.78, 5) is 2.44. The zero-order chi connectivity index (χ0) is 16.1. The van der Waals surface area contributed by atoms with Gasteiger partial charge in [0.25, 0.3) is 11.9 Å². The van der Waals surface area contributed by atoms with Crippen LogP contribution in [0.4, 0.5) is 23.2 Å². The molecule has 0 fully saturated rings. The number of anilines is 1. The molecule has 0 amide bonds. The summed E-state index contributed by atoms with van der Waals surface area (Å²) in [7, 11) is 0. The first-order chi connectivity index (χ1) is 10.5. The number of hydrazone groups is 1. The summed E-state index contributed by atoms with van der Waals surface area (Å²) in [6, 6.07) is 6.77. The Bertz CT molecular complexity index is 680. The van der Waals surface area contributed by atoms with E-state index in [4.69, 9.17) is 4.74 Å². The number of rotatable bonds is 5. The molecule has 8 heteroatoms. The second-order valence-electron chi connectivity index (χ2n) is 4.04. The van der Waals surface area contributed by atoms with Crippen molar-refractivity contribution in [2.45, 2.75) is 6.92 Å². The minimum atomic E-state index is -1.76. The Labute approximate surface area is 123 Å². The van der Waals surface area contributed by atoms with E-state index < -0.39 is 29.2 Å². The molecule has 2 aromatic rings. The van der Waals surface area contributed by atoms with Crippen LogP contribution in [0.2, 0.25) is 0 Å². The van der Waals surface area contributed by atoms with Crippen LogP contribution in [-0.2, 0) is 0 Å². The predicted octanol–water partition coefficient (Wildman–Crippen LogP) is 3.48. The molecule has 1 N–H and O–H groups in total. The fraction of sp³-hybridized carbons (Fsp3) is 0.143. The van der Waals surface area contributed by atoms with Gasteiger partial charge in [0.1, 0.15) is 11.4 Å². The number of ether oxygens (including phenoxy) is 1. The van der Waals surface area contributed by atoms with Gasteiger partial charge in [-0.1, -0.05) is 12.1 Å². The Morgan fingerprint density at radius 2 is 1.77 bits per heavy atom. The summed E-state index contributed by atoms with van der Waals surface area (Å²) in [6.07, 6.45) is 1.21. The molecule has 0 saturated heterocycles. The van der Waals surface area contributed by atoms with Gasteiger partial charge in [-0.05, 0) is 19.1 Å². The number of halogens is 4. The second kappa shape index (κ2) is 6.88. The van der Waals surface area contributed by atoms with Crippen LogP contribution in [0.5, 0.6) is 5.75 Å². The molecule has 1 heterocycles. The molecule has 0 unspecified atom stereocenters. The zero-order valence-corrected chi connectivity index (χ0v) is 11.4. The molecule has 2 rings (SSSR count). The van der Waals surface area contributed by atoms with E-state index in [0.717, 1.165) is 0 Å². The van der Waals surface area contributed by atoms with Gasteiger partial charge >= 0.3 is 0 Å². The average Bonchev–Trinajstić information content (AvgIpc) is 2.50. The Kier molecular flexibility index (Phi) is 4.92. The fourth-order valence-corrected chi connectivity index (χ4v) is 1.63. The van der Waals surface area contributed by atoms with Crippen molar-refractivity contribution in [3.8, 4) is 5.75 Å². The molecule has 0 aliphatic heterocycles. The molecule has 0 atom stereocenters. The number of hydrogen-bond acceptors (Lipinski definition) is 4. The Morgan fingerprint density at radius 1 is 1.14 bits per heavy atom. The molecule has 1 aromatic carbocycles. The summed E-state index contributed by atoms with van der Waals surface area (Å²) in [5.41, 5.74) is 1.39. The molecule has 116 valence electrons. The fourth-order valence-electron chi connectivity index (χ4n) is 1.63. The van der Waals surface area contributed by atoms with Crippen molar-refractivity contribution in [2.75, 3.05) is 12.0 Å². The highest BCUT2D eigenvalue weighted by Crippen LogP contribution is 2.22. The number of nitrogens with one attached hydrogen (secondary N) is 1. The normalized spacial score (nSPS) is 11.0. The Hall–Kier alpha value is -2.64. The third-order valence-corrected chi connectivity index (χ3v) is 2.60. The zero-order valence-electron chi connectivity index (χ0n) is 11.4. The third-order valence-electron chi connectivity index (χ3n) is 2.60. The van der Waals surface area contributed by atoms with Gasteiger partial charge in [-0.3, -0.25) is 5.43 Å². The average molecular weight is 313 g/mol. The van der Waals surface area contributed by atoms with Crippen molar-refractivity contribution < 1.29 is 22.3 Å². The first-order valence-electron chi connectivity index (χ1n) is 6.25. The summed E-state index contributed by atoms with van der Waals surface area (Å²) in [6.45, 7) is 2.21. The van der Waals surface area contributed by atoms with Gasteiger partial charge in [-0.2, -0.15) is 27.6 Å². The minimum absolute atomic E-state index is 0.419. The van der Waals surface area contributed by atoms with E-state index in [9.17, 15) is 17.6 Å². The van der Waals surface area contributed by atoms with E-state index in [0.29, 0.717) is 17.9 Å². The van der Waals surface area contributed by atoms with Crippen molar-refractivity contribution in [3.63, 3.8) is 0 Å². The van der Waals surface area contributed by atoms with Crippen LogP contribution in [0, 0.1) is 23.5 Å².